The van der Waals surface area contributed by atoms with Gasteiger partial charge in [0.15, 0.2) is 0 Å². The summed E-state index contributed by atoms with van der Waals surface area (Å²) in [4.78, 5) is 23.3. The maximum atomic E-state index is 11.7. The Morgan fingerprint density at radius 1 is 1.31 bits per heavy atom. The summed E-state index contributed by atoms with van der Waals surface area (Å²) in [7, 11) is 0. The summed E-state index contributed by atoms with van der Waals surface area (Å²) in [5.41, 5.74) is 0. The number of hydrogen-bond acceptors (Lipinski definition) is 4. The highest BCUT2D eigenvalue weighted by Gasteiger charge is 2.28. The minimum Gasteiger partial charge on any atom is -0.390 e. The SMILES string of the molecule is O=CCCCCC(=O)N1CCC(O)C(O)C1. The van der Waals surface area contributed by atoms with Crippen molar-refractivity contribution in [3.05, 3.63) is 0 Å². The lowest BCUT2D eigenvalue weighted by molar-refractivity contribution is -0.137. The number of hydrogen-bond donors (Lipinski definition) is 2. The molecule has 1 aliphatic rings. The first kappa shape index (κ1) is 13.1. The number of amides is 1. The molecular formula is C11H19NO4. The molecule has 0 spiro atoms. The molecular weight excluding hydrogens is 210 g/mol. The molecule has 5 heteroatoms. The van der Waals surface area contributed by atoms with Crippen LogP contribution in [0, 0.1) is 0 Å². The maximum absolute atomic E-state index is 11.7. The fourth-order valence-corrected chi connectivity index (χ4v) is 1.81. The first-order chi connectivity index (χ1) is 7.65. The number of aldehydes is 1. The summed E-state index contributed by atoms with van der Waals surface area (Å²) in [6.45, 7) is 0.721. The second-order valence-corrected chi connectivity index (χ2v) is 4.18. The van der Waals surface area contributed by atoms with Crippen molar-refractivity contribution in [2.45, 2.75) is 44.3 Å². The molecule has 0 bridgehead atoms. The average Bonchev–Trinajstić information content (AvgIpc) is 2.28. The van der Waals surface area contributed by atoms with Crippen molar-refractivity contribution in [3.63, 3.8) is 0 Å². The summed E-state index contributed by atoms with van der Waals surface area (Å²) >= 11 is 0. The van der Waals surface area contributed by atoms with Gasteiger partial charge in [0.25, 0.3) is 0 Å². The summed E-state index contributed by atoms with van der Waals surface area (Å²) in [5, 5.41) is 18.7. The first-order valence-corrected chi connectivity index (χ1v) is 5.72. The number of aliphatic hydroxyl groups is 2. The van der Waals surface area contributed by atoms with Gasteiger partial charge in [0.2, 0.25) is 5.91 Å². The maximum Gasteiger partial charge on any atom is 0.222 e. The lowest BCUT2D eigenvalue weighted by atomic mass is 10.0. The third-order valence-corrected chi connectivity index (χ3v) is 2.86. The molecule has 0 saturated carbocycles. The predicted molar refractivity (Wildman–Crippen MR) is 57.7 cm³/mol. The molecule has 1 amide bonds. The van der Waals surface area contributed by atoms with E-state index in [1.807, 2.05) is 0 Å². The average molecular weight is 229 g/mol. The highest BCUT2D eigenvalue weighted by molar-refractivity contribution is 5.76. The molecule has 0 aromatic rings. The smallest absolute Gasteiger partial charge is 0.222 e. The Bertz CT molecular complexity index is 244. The molecule has 1 rings (SSSR count). The van der Waals surface area contributed by atoms with Crippen LogP contribution >= 0.6 is 0 Å². The van der Waals surface area contributed by atoms with Gasteiger partial charge in [-0.15, -0.1) is 0 Å². The standard InChI is InChI=1S/C11H19NO4/c13-7-3-1-2-4-11(16)12-6-5-9(14)10(15)8-12/h7,9-10,14-15H,1-6,8H2. The molecule has 1 fully saturated rings. The van der Waals surface area contributed by atoms with Crippen molar-refractivity contribution in [1.29, 1.82) is 0 Å². The van der Waals surface area contributed by atoms with Crippen molar-refractivity contribution in [1.82, 2.24) is 4.90 Å². The Morgan fingerprint density at radius 3 is 2.69 bits per heavy atom. The number of unbranched alkanes of at least 4 members (excludes halogenated alkanes) is 2. The number of nitrogens with zero attached hydrogens (tertiary/aromatic N) is 1. The van der Waals surface area contributed by atoms with Crippen LogP contribution in [0.5, 0.6) is 0 Å². The number of aliphatic hydroxyl groups excluding tert-OH is 2. The summed E-state index contributed by atoms with van der Waals surface area (Å²) < 4.78 is 0. The van der Waals surface area contributed by atoms with Crippen LogP contribution in [0.3, 0.4) is 0 Å². The zero-order valence-electron chi connectivity index (χ0n) is 9.34. The molecule has 5 nitrogen and oxygen atoms in total. The van der Waals surface area contributed by atoms with Crippen molar-refractivity contribution >= 4 is 12.2 Å². The van der Waals surface area contributed by atoms with E-state index in [4.69, 9.17) is 0 Å². The van der Waals surface area contributed by atoms with Crippen LogP contribution in [0.1, 0.15) is 32.1 Å². The van der Waals surface area contributed by atoms with Gasteiger partial charge < -0.3 is 19.9 Å². The number of piperidine rings is 1. The largest absolute Gasteiger partial charge is 0.390 e. The molecule has 16 heavy (non-hydrogen) atoms. The first-order valence-electron chi connectivity index (χ1n) is 5.72. The lowest BCUT2D eigenvalue weighted by Crippen LogP contribution is -2.48. The number of rotatable bonds is 5. The van der Waals surface area contributed by atoms with E-state index in [0.717, 1.165) is 12.7 Å². The molecule has 1 heterocycles. The Hall–Kier alpha value is -0.940. The fraction of sp³-hybridized carbons (Fsp3) is 0.818. The van der Waals surface area contributed by atoms with E-state index in [1.54, 1.807) is 4.90 Å². The molecule has 2 N–H and O–H groups in total. The van der Waals surface area contributed by atoms with Crippen LogP contribution in [0.25, 0.3) is 0 Å². The number of carbonyl (C=O) groups is 2. The van der Waals surface area contributed by atoms with Crippen LogP contribution in [-0.2, 0) is 9.59 Å². The number of β-amino-alcohol motifs (C(OH)–C–C–N with tert-alkyl or cyclic N) is 1. The Kier molecular flexibility index (Phi) is 5.42. The summed E-state index contributed by atoms with van der Waals surface area (Å²) in [6.07, 6.45) is 2.09. The second-order valence-electron chi connectivity index (χ2n) is 4.18. The monoisotopic (exact) mass is 229 g/mol. The van der Waals surface area contributed by atoms with Crippen LogP contribution in [0.4, 0.5) is 0 Å². The van der Waals surface area contributed by atoms with E-state index in [1.165, 1.54) is 0 Å². The topological polar surface area (TPSA) is 77.8 Å². The Labute approximate surface area is 95.1 Å². The summed E-state index contributed by atoms with van der Waals surface area (Å²) in [5.74, 6) is -0.00292. The molecule has 2 atom stereocenters. The Morgan fingerprint density at radius 2 is 2.06 bits per heavy atom. The molecule has 0 aromatic heterocycles. The summed E-state index contributed by atoms with van der Waals surface area (Å²) in [6, 6.07) is 0. The minimum absolute atomic E-state index is 0.00292. The highest BCUT2D eigenvalue weighted by atomic mass is 16.3. The van der Waals surface area contributed by atoms with Crippen LogP contribution < -0.4 is 0 Å². The van der Waals surface area contributed by atoms with Gasteiger partial charge in [-0.05, 0) is 19.3 Å². The molecule has 0 aromatic carbocycles. The molecule has 1 saturated heterocycles. The van der Waals surface area contributed by atoms with Gasteiger partial charge >= 0.3 is 0 Å². The van der Waals surface area contributed by atoms with Crippen molar-refractivity contribution in [2.75, 3.05) is 13.1 Å². The van der Waals surface area contributed by atoms with Gasteiger partial charge in [-0.25, -0.2) is 0 Å². The van der Waals surface area contributed by atoms with E-state index in [0.29, 0.717) is 32.2 Å². The van der Waals surface area contributed by atoms with E-state index >= 15 is 0 Å². The number of carbonyl (C=O) groups excluding carboxylic acids is 2. The van der Waals surface area contributed by atoms with E-state index in [2.05, 4.69) is 0 Å². The van der Waals surface area contributed by atoms with Crippen LogP contribution in [-0.4, -0.2) is 52.6 Å². The fourth-order valence-electron chi connectivity index (χ4n) is 1.81. The van der Waals surface area contributed by atoms with E-state index < -0.39 is 12.2 Å². The predicted octanol–water partition coefficient (Wildman–Crippen LogP) is -0.300. The van der Waals surface area contributed by atoms with Crippen LogP contribution in [0.2, 0.25) is 0 Å². The van der Waals surface area contributed by atoms with Crippen LogP contribution in [0.15, 0.2) is 0 Å². The molecule has 0 aliphatic carbocycles. The van der Waals surface area contributed by atoms with Crippen molar-refractivity contribution < 1.29 is 19.8 Å². The third-order valence-electron chi connectivity index (χ3n) is 2.86. The minimum atomic E-state index is -0.826. The molecule has 0 radical (unpaired) electrons. The van der Waals surface area contributed by atoms with Gasteiger partial charge in [-0.1, -0.05) is 0 Å². The molecule has 2 unspecified atom stereocenters. The second kappa shape index (κ2) is 6.60. The van der Waals surface area contributed by atoms with Gasteiger partial charge in [-0.3, -0.25) is 4.79 Å². The van der Waals surface area contributed by atoms with Gasteiger partial charge in [-0.2, -0.15) is 0 Å². The van der Waals surface area contributed by atoms with Gasteiger partial charge in [0, 0.05) is 25.9 Å². The normalized spacial score (nSPS) is 25.5. The van der Waals surface area contributed by atoms with E-state index in [-0.39, 0.29) is 12.5 Å². The molecule has 1 aliphatic heterocycles. The van der Waals surface area contributed by atoms with Gasteiger partial charge in [0.05, 0.1) is 12.2 Å². The number of likely N-dealkylation sites (tertiary alicyclic amines) is 1. The zero-order valence-corrected chi connectivity index (χ0v) is 9.34. The van der Waals surface area contributed by atoms with Crippen molar-refractivity contribution in [3.8, 4) is 0 Å². The van der Waals surface area contributed by atoms with Gasteiger partial charge in [0.1, 0.15) is 6.29 Å². The van der Waals surface area contributed by atoms with Crippen molar-refractivity contribution in [2.24, 2.45) is 0 Å². The quantitative estimate of drug-likeness (QED) is 0.501. The van der Waals surface area contributed by atoms with E-state index in [9.17, 15) is 19.8 Å². The zero-order chi connectivity index (χ0) is 12.0. The lowest BCUT2D eigenvalue weighted by Gasteiger charge is -2.33. The highest BCUT2D eigenvalue weighted by Crippen LogP contribution is 2.13. The molecule has 92 valence electrons. The third kappa shape index (κ3) is 3.90. The Balaban J connectivity index is 2.23.